The molecule has 1 aromatic carbocycles. The van der Waals surface area contributed by atoms with Crippen LogP contribution in [-0.2, 0) is 4.74 Å². The minimum Gasteiger partial charge on any atom is -0.496 e. The molecule has 0 heterocycles. The lowest BCUT2D eigenvalue weighted by Crippen LogP contribution is -2.13. The number of nitrogens with two attached hydrogens (primary N) is 1. The van der Waals surface area contributed by atoms with Crippen LogP contribution in [0.25, 0.3) is 0 Å². The highest BCUT2D eigenvalue weighted by Crippen LogP contribution is 2.28. The standard InChI is InChI=1S/C12H19NO2/c1-14-9-10(7-8-13)11-5-3-4-6-12(11)15-2/h3-6,10H,7-9,13H2,1-2H3. The van der Waals surface area contributed by atoms with Gasteiger partial charge in [0.2, 0.25) is 0 Å². The van der Waals surface area contributed by atoms with E-state index >= 15 is 0 Å². The molecule has 3 heteroatoms. The third-order valence-electron chi connectivity index (χ3n) is 2.46. The van der Waals surface area contributed by atoms with Gasteiger partial charge in [0.25, 0.3) is 0 Å². The normalized spacial score (nSPS) is 12.5. The highest BCUT2D eigenvalue weighted by molar-refractivity contribution is 5.36. The van der Waals surface area contributed by atoms with Crippen molar-refractivity contribution in [1.29, 1.82) is 0 Å². The first kappa shape index (κ1) is 12.0. The van der Waals surface area contributed by atoms with Crippen LogP contribution < -0.4 is 10.5 Å². The Kier molecular flexibility index (Phi) is 5.15. The lowest BCUT2D eigenvalue weighted by atomic mass is 9.95. The van der Waals surface area contributed by atoms with Gasteiger partial charge in [-0.3, -0.25) is 0 Å². The van der Waals surface area contributed by atoms with E-state index in [0.717, 1.165) is 12.2 Å². The largest absolute Gasteiger partial charge is 0.496 e. The van der Waals surface area contributed by atoms with Crippen LogP contribution in [-0.4, -0.2) is 27.4 Å². The Balaban J connectivity index is 2.88. The number of methoxy groups -OCH3 is 2. The predicted octanol–water partition coefficient (Wildman–Crippen LogP) is 1.77. The van der Waals surface area contributed by atoms with Crippen molar-refractivity contribution in [3.05, 3.63) is 29.8 Å². The third-order valence-corrected chi connectivity index (χ3v) is 2.46. The fourth-order valence-corrected chi connectivity index (χ4v) is 1.73. The van der Waals surface area contributed by atoms with E-state index in [9.17, 15) is 0 Å². The fraction of sp³-hybridized carbons (Fsp3) is 0.500. The molecule has 1 atom stereocenters. The Bertz CT molecular complexity index is 283. The lowest BCUT2D eigenvalue weighted by molar-refractivity contribution is 0.175. The van der Waals surface area contributed by atoms with Gasteiger partial charge in [0.15, 0.2) is 0 Å². The Hall–Kier alpha value is -1.06. The van der Waals surface area contributed by atoms with Crippen molar-refractivity contribution in [2.24, 2.45) is 5.73 Å². The van der Waals surface area contributed by atoms with Gasteiger partial charge in [-0.1, -0.05) is 18.2 Å². The van der Waals surface area contributed by atoms with E-state index in [2.05, 4.69) is 6.07 Å². The van der Waals surface area contributed by atoms with Gasteiger partial charge >= 0.3 is 0 Å². The van der Waals surface area contributed by atoms with Crippen molar-refractivity contribution in [3.8, 4) is 5.75 Å². The quantitative estimate of drug-likeness (QED) is 0.776. The molecule has 0 radical (unpaired) electrons. The molecular formula is C12H19NO2. The van der Waals surface area contributed by atoms with Crippen molar-refractivity contribution in [3.63, 3.8) is 0 Å². The van der Waals surface area contributed by atoms with Crippen LogP contribution in [0, 0.1) is 0 Å². The number of hydrogen-bond donors (Lipinski definition) is 1. The Morgan fingerprint density at radius 2 is 2.00 bits per heavy atom. The molecule has 0 aliphatic carbocycles. The number of rotatable bonds is 6. The zero-order valence-corrected chi connectivity index (χ0v) is 9.40. The zero-order valence-electron chi connectivity index (χ0n) is 9.40. The van der Waals surface area contributed by atoms with Gasteiger partial charge in [0.05, 0.1) is 13.7 Å². The number of hydrogen-bond acceptors (Lipinski definition) is 3. The summed E-state index contributed by atoms with van der Waals surface area (Å²) in [5, 5.41) is 0. The number of benzene rings is 1. The molecule has 15 heavy (non-hydrogen) atoms. The molecule has 0 saturated heterocycles. The second-order valence-corrected chi connectivity index (χ2v) is 3.47. The summed E-state index contributed by atoms with van der Waals surface area (Å²) in [6.07, 6.45) is 0.911. The minimum absolute atomic E-state index is 0.316. The second kappa shape index (κ2) is 6.43. The summed E-state index contributed by atoms with van der Waals surface area (Å²) >= 11 is 0. The molecule has 1 unspecified atom stereocenters. The van der Waals surface area contributed by atoms with E-state index in [1.807, 2.05) is 18.2 Å². The number of para-hydroxylation sites is 1. The number of ether oxygens (including phenoxy) is 2. The van der Waals surface area contributed by atoms with Crippen molar-refractivity contribution in [1.82, 2.24) is 0 Å². The van der Waals surface area contributed by atoms with Crippen molar-refractivity contribution < 1.29 is 9.47 Å². The summed E-state index contributed by atoms with van der Waals surface area (Å²) in [6.45, 7) is 1.34. The molecule has 0 fully saturated rings. The highest BCUT2D eigenvalue weighted by Gasteiger charge is 2.14. The molecule has 2 N–H and O–H groups in total. The van der Waals surface area contributed by atoms with Gasteiger partial charge < -0.3 is 15.2 Å². The second-order valence-electron chi connectivity index (χ2n) is 3.47. The van der Waals surface area contributed by atoms with Gasteiger partial charge in [-0.2, -0.15) is 0 Å². The van der Waals surface area contributed by atoms with Crippen LogP contribution >= 0.6 is 0 Å². The van der Waals surface area contributed by atoms with E-state index in [4.69, 9.17) is 15.2 Å². The molecule has 0 amide bonds. The summed E-state index contributed by atoms with van der Waals surface area (Å²) in [4.78, 5) is 0. The van der Waals surface area contributed by atoms with Crippen molar-refractivity contribution in [2.75, 3.05) is 27.4 Å². The van der Waals surface area contributed by atoms with E-state index in [1.165, 1.54) is 5.56 Å². The monoisotopic (exact) mass is 209 g/mol. The molecule has 1 aromatic rings. The maximum Gasteiger partial charge on any atom is 0.122 e. The minimum atomic E-state index is 0.316. The van der Waals surface area contributed by atoms with Gasteiger partial charge in [0.1, 0.15) is 5.75 Å². The Morgan fingerprint density at radius 3 is 2.60 bits per heavy atom. The third kappa shape index (κ3) is 3.22. The molecule has 0 aliphatic heterocycles. The van der Waals surface area contributed by atoms with Gasteiger partial charge in [-0.05, 0) is 24.6 Å². The van der Waals surface area contributed by atoms with Crippen LogP contribution in [0.2, 0.25) is 0 Å². The summed E-state index contributed by atoms with van der Waals surface area (Å²) in [5.41, 5.74) is 6.77. The van der Waals surface area contributed by atoms with Crippen LogP contribution in [0.15, 0.2) is 24.3 Å². The first-order chi connectivity index (χ1) is 7.33. The lowest BCUT2D eigenvalue weighted by Gasteiger charge is -2.18. The Morgan fingerprint density at radius 1 is 1.27 bits per heavy atom. The van der Waals surface area contributed by atoms with E-state index in [0.29, 0.717) is 19.1 Å². The smallest absolute Gasteiger partial charge is 0.122 e. The summed E-state index contributed by atoms with van der Waals surface area (Å²) in [5.74, 6) is 1.23. The van der Waals surface area contributed by atoms with Crippen LogP contribution in [0.1, 0.15) is 17.9 Å². The van der Waals surface area contributed by atoms with Gasteiger partial charge in [-0.25, -0.2) is 0 Å². The molecule has 0 aliphatic rings. The van der Waals surface area contributed by atoms with E-state index < -0.39 is 0 Å². The Labute approximate surface area is 91.2 Å². The van der Waals surface area contributed by atoms with E-state index in [-0.39, 0.29) is 0 Å². The average Bonchev–Trinajstić information content (AvgIpc) is 2.29. The van der Waals surface area contributed by atoms with Gasteiger partial charge in [0, 0.05) is 13.0 Å². The fourth-order valence-electron chi connectivity index (χ4n) is 1.73. The first-order valence-electron chi connectivity index (χ1n) is 5.15. The summed E-state index contributed by atoms with van der Waals surface area (Å²) in [6, 6.07) is 8.01. The van der Waals surface area contributed by atoms with Crippen LogP contribution in [0.5, 0.6) is 5.75 Å². The maximum atomic E-state index is 5.59. The van der Waals surface area contributed by atoms with Gasteiger partial charge in [-0.15, -0.1) is 0 Å². The molecule has 3 nitrogen and oxygen atoms in total. The first-order valence-corrected chi connectivity index (χ1v) is 5.15. The van der Waals surface area contributed by atoms with Crippen molar-refractivity contribution >= 4 is 0 Å². The molecule has 0 saturated carbocycles. The van der Waals surface area contributed by atoms with E-state index in [1.54, 1.807) is 14.2 Å². The molecule has 0 aromatic heterocycles. The summed E-state index contributed by atoms with van der Waals surface area (Å²) in [7, 11) is 3.39. The topological polar surface area (TPSA) is 44.5 Å². The predicted molar refractivity (Wildman–Crippen MR) is 61.3 cm³/mol. The molecule has 0 spiro atoms. The molecule has 0 bridgehead atoms. The SMILES string of the molecule is COCC(CCN)c1ccccc1OC. The molecular weight excluding hydrogens is 190 g/mol. The summed E-state index contributed by atoms with van der Waals surface area (Å²) < 4.78 is 10.5. The highest BCUT2D eigenvalue weighted by atomic mass is 16.5. The van der Waals surface area contributed by atoms with Crippen LogP contribution in [0.3, 0.4) is 0 Å². The molecule has 84 valence electrons. The van der Waals surface area contributed by atoms with Crippen molar-refractivity contribution in [2.45, 2.75) is 12.3 Å². The maximum absolute atomic E-state index is 5.59. The zero-order chi connectivity index (χ0) is 11.1. The average molecular weight is 209 g/mol. The van der Waals surface area contributed by atoms with Crippen LogP contribution in [0.4, 0.5) is 0 Å². The molecule has 1 rings (SSSR count).